The van der Waals surface area contributed by atoms with Crippen LogP contribution in [-0.4, -0.2) is 27.7 Å². The van der Waals surface area contributed by atoms with Crippen LogP contribution in [0.4, 0.5) is 0 Å². The maximum atomic E-state index is 11.0. The van der Waals surface area contributed by atoms with Crippen LogP contribution in [0.2, 0.25) is 0 Å². The molecule has 2 aromatic heterocycles. The Bertz CT molecular complexity index is 548. The van der Waals surface area contributed by atoms with Crippen molar-refractivity contribution >= 4 is 17.0 Å². The SMILES string of the molecule is COC(=O)CCCn1cc(CO)c2cccnc21. The summed E-state index contributed by atoms with van der Waals surface area (Å²) < 4.78 is 6.56. The number of aliphatic hydroxyl groups is 1. The Morgan fingerprint density at radius 2 is 2.39 bits per heavy atom. The van der Waals surface area contributed by atoms with Gasteiger partial charge in [-0.15, -0.1) is 0 Å². The number of carbonyl (C=O) groups excluding carboxylic acids is 1. The van der Waals surface area contributed by atoms with E-state index in [9.17, 15) is 9.90 Å². The van der Waals surface area contributed by atoms with Crippen LogP contribution in [0.15, 0.2) is 24.5 Å². The third kappa shape index (κ3) is 2.51. The first-order valence-corrected chi connectivity index (χ1v) is 5.86. The van der Waals surface area contributed by atoms with E-state index in [0.717, 1.165) is 16.6 Å². The molecule has 0 radical (unpaired) electrons. The molecular weight excluding hydrogens is 232 g/mol. The molecule has 0 aliphatic heterocycles. The number of methoxy groups -OCH3 is 1. The van der Waals surface area contributed by atoms with E-state index < -0.39 is 0 Å². The van der Waals surface area contributed by atoms with Crippen molar-refractivity contribution in [3.8, 4) is 0 Å². The lowest BCUT2D eigenvalue weighted by atomic mass is 10.2. The van der Waals surface area contributed by atoms with E-state index >= 15 is 0 Å². The predicted molar refractivity (Wildman–Crippen MR) is 66.9 cm³/mol. The molecule has 0 saturated heterocycles. The quantitative estimate of drug-likeness (QED) is 0.814. The number of aromatic nitrogens is 2. The summed E-state index contributed by atoms with van der Waals surface area (Å²) in [5, 5.41) is 10.2. The van der Waals surface area contributed by atoms with Crippen molar-refractivity contribution in [2.45, 2.75) is 26.0 Å². The molecule has 18 heavy (non-hydrogen) atoms. The van der Waals surface area contributed by atoms with E-state index in [1.54, 1.807) is 6.20 Å². The number of fused-ring (bicyclic) bond motifs is 1. The molecule has 2 rings (SSSR count). The molecule has 0 aliphatic rings. The van der Waals surface area contributed by atoms with Gasteiger partial charge in [-0.25, -0.2) is 4.98 Å². The number of rotatable bonds is 5. The largest absolute Gasteiger partial charge is 0.469 e. The number of esters is 1. The Morgan fingerprint density at radius 1 is 1.56 bits per heavy atom. The fraction of sp³-hybridized carbons (Fsp3) is 0.385. The maximum Gasteiger partial charge on any atom is 0.305 e. The highest BCUT2D eigenvalue weighted by molar-refractivity contribution is 5.80. The second-order valence-corrected chi connectivity index (χ2v) is 4.06. The van der Waals surface area contributed by atoms with Crippen molar-refractivity contribution in [1.82, 2.24) is 9.55 Å². The Balaban J connectivity index is 2.15. The van der Waals surface area contributed by atoms with Gasteiger partial charge in [-0.1, -0.05) is 0 Å². The summed E-state index contributed by atoms with van der Waals surface area (Å²) >= 11 is 0. The average Bonchev–Trinajstić information content (AvgIpc) is 2.77. The standard InChI is InChI=1S/C13H16N2O3/c1-18-12(17)5-3-7-15-8-10(9-16)11-4-2-6-14-13(11)15/h2,4,6,8,16H,3,5,7,9H2,1H3. The first-order valence-electron chi connectivity index (χ1n) is 5.86. The lowest BCUT2D eigenvalue weighted by Gasteiger charge is -2.03. The zero-order valence-corrected chi connectivity index (χ0v) is 10.3. The third-order valence-electron chi connectivity index (χ3n) is 2.89. The van der Waals surface area contributed by atoms with Crippen LogP contribution in [0, 0.1) is 0 Å². The zero-order valence-electron chi connectivity index (χ0n) is 10.3. The Kier molecular flexibility index (Phi) is 3.94. The fourth-order valence-electron chi connectivity index (χ4n) is 1.99. The van der Waals surface area contributed by atoms with Gasteiger partial charge in [0.15, 0.2) is 0 Å². The molecule has 0 bridgehead atoms. The Hall–Kier alpha value is -1.88. The van der Waals surface area contributed by atoms with Crippen LogP contribution in [0.5, 0.6) is 0 Å². The van der Waals surface area contributed by atoms with Crippen molar-refractivity contribution < 1.29 is 14.6 Å². The van der Waals surface area contributed by atoms with Crippen molar-refractivity contribution in [2.75, 3.05) is 7.11 Å². The number of aryl methyl sites for hydroxylation is 1. The van der Waals surface area contributed by atoms with Gasteiger partial charge in [0, 0.05) is 36.3 Å². The van der Waals surface area contributed by atoms with E-state index in [-0.39, 0.29) is 12.6 Å². The maximum absolute atomic E-state index is 11.0. The van der Waals surface area contributed by atoms with Gasteiger partial charge in [0.05, 0.1) is 13.7 Å². The van der Waals surface area contributed by atoms with E-state index in [1.165, 1.54) is 7.11 Å². The van der Waals surface area contributed by atoms with Gasteiger partial charge in [-0.2, -0.15) is 0 Å². The smallest absolute Gasteiger partial charge is 0.305 e. The normalized spacial score (nSPS) is 10.8. The molecule has 2 aromatic rings. The average molecular weight is 248 g/mol. The summed E-state index contributed by atoms with van der Waals surface area (Å²) in [6.45, 7) is 0.675. The lowest BCUT2D eigenvalue weighted by Crippen LogP contribution is -2.04. The van der Waals surface area contributed by atoms with Crippen LogP contribution >= 0.6 is 0 Å². The minimum absolute atomic E-state index is 0.00774. The van der Waals surface area contributed by atoms with Gasteiger partial charge >= 0.3 is 5.97 Å². The first-order chi connectivity index (χ1) is 8.76. The van der Waals surface area contributed by atoms with Crippen LogP contribution in [-0.2, 0) is 22.7 Å². The van der Waals surface area contributed by atoms with Crippen LogP contribution in [0.1, 0.15) is 18.4 Å². The van der Waals surface area contributed by atoms with E-state index in [2.05, 4.69) is 9.72 Å². The molecule has 0 amide bonds. The van der Waals surface area contributed by atoms with Crippen LogP contribution in [0.3, 0.4) is 0 Å². The Labute approximate surface area is 105 Å². The molecule has 1 N–H and O–H groups in total. The highest BCUT2D eigenvalue weighted by atomic mass is 16.5. The van der Waals surface area contributed by atoms with Crippen LogP contribution in [0.25, 0.3) is 11.0 Å². The zero-order chi connectivity index (χ0) is 13.0. The van der Waals surface area contributed by atoms with Gasteiger partial charge in [-0.3, -0.25) is 4.79 Å². The monoisotopic (exact) mass is 248 g/mol. The molecule has 0 atom stereocenters. The van der Waals surface area contributed by atoms with Crippen LogP contribution < -0.4 is 0 Å². The number of pyridine rings is 1. The third-order valence-corrected chi connectivity index (χ3v) is 2.89. The van der Waals surface area contributed by atoms with Gasteiger partial charge in [0.1, 0.15) is 5.65 Å². The van der Waals surface area contributed by atoms with E-state index in [4.69, 9.17) is 0 Å². The molecule has 96 valence electrons. The van der Waals surface area contributed by atoms with Gasteiger partial charge in [-0.05, 0) is 18.6 Å². The molecule has 0 aromatic carbocycles. The Morgan fingerprint density at radius 3 is 3.11 bits per heavy atom. The van der Waals surface area contributed by atoms with Gasteiger partial charge in [0.2, 0.25) is 0 Å². The second-order valence-electron chi connectivity index (χ2n) is 4.06. The minimum atomic E-state index is -0.207. The summed E-state index contributed by atoms with van der Waals surface area (Å²) in [5.74, 6) is -0.207. The predicted octanol–water partition coefficient (Wildman–Crippen LogP) is 1.48. The van der Waals surface area contributed by atoms with E-state index in [0.29, 0.717) is 19.4 Å². The summed E-state index contributed by atoms with van der Waals surface area (Å²) in [4.78, 5) is 15.3. The molecular formula is C13H16N2O3. The highest BCUT2D eigenvalue weighted by Gasteiger charge is 2.08. The van der Waals surface area contributed by atoms with Crippen molar-refractivity contribution in [3.05, 3.63) is 30.1 Å². The van der Waals surface area contributed by atoms with Gasteiger partial charge < -0.3 is 14.4 Å². The molecule has 5 nitrogen and oxygen atoms in total. The van der Waals surface area contributed by atoms with E-state index in [1.807, 2.05) is 22.9 Å². The number of carbonyl (C=O) groups is 1. The summed E-state index contributed by atoms with van der Waals surface area (Å²) in [6, 6.07) is 3.78. The molecule has 0 spiro atoms. The molecule has 5 heteroatoms. The first kappa shape index (κ1) is 12.6. The fourth-order valence-corrected chi connectivity index (χ4v) is 1.99. The van der Waals surface area contributed by atoms with Crippen molar-refractivity contribution in [3.63, 3.8) is 0 Å². The van der Waals surface area contributed by atoms with Crippen molar-refractivity contribution in [2.24, 2.45) is 0 Å². The number of hydrogen-bond acceptors (Lipinski definition) is 4. The summed E-state index contributed by atoms with van der Waals surface area (Å²) in [7, 11) is 1.39. The lowest BCUT2D eigenvalue weighted by molar-refractivity contribution is -0.140. The molecule has 0 unspecified atom stereocenters. The number of nitrogens with zero attached hydrogens (tertiary/aromatic N) is 2. The molecule has 0 fully saturated rings. The summed E-state index contributed by atoms with van der Waals surface area (Å²) in [5.41, 5.74) is 1.70. The highest BCUT2D eigenvalue weighted by Crippen LogP contribution is 2.19. The molecule has 0 aliphatic carbocycles. The second kappa shape index (κ2) is 5.64. The topological polar surface area (TPSA) is 64.3 Å². The van der Waals surface area contributed by atoms with Gasteiger partial charge in [0.25, 0.3) is 0 Å². The van der Waals surface area contributed by atoms with Crippen molar-refractivity contribution in [1.29, 1.82) is 0 Å². The number of hydrogen-bond donors (Lipinski definition) is 1. The number of aliphatic hydroxyl groups excluding tert-OH is 1. The minimum Gasteiger partial charge on any atom is -0.469 e. The molecule has 0 saturated carbocycles. The summed E-state index contributed by atoms with van der Waals surface area (Å²) in [6.07, 6.45) is 4.69. The molecule has 2 heterocycles. The number of ether oxygens (including phenoxy) is 1.